The lowest BCUT2D eigenvalue weighted by Crippen LogP contribution is -2.25. The molecule has 1 aliphatic heterocycles. The first kappa shape index (κ1) is 14.4. The molecule has 2 N–H and O–H groups in total. The number of carbonyl (C=O) groups excluding carboxylic acids is 1. The third kappa shape index (κ3) is 2.30. The van der Waals surface area contributed by atoms with Crippen LogP contribution in [0.2, 0.25) is 0 Å². The van der Waals surface area contributed by atoms with Gasteiger partial charge < -0.3 is 10.6 Å². The Morgan fingerprint density at radius 2 is 2.17 bits per heavy atom. The van der Waals surface area contributed by atoms with Crippen molar-refractivity contribution in [1.29, 1.82) is 0 Å². The molecule has 0 saturated heterocycles. The van der Waals surface area contributed by atoms with E-state index in [0.29, 0.717) is 18.0 Å². The normalized spacial score (nSPS) is 16.9. The molecule has 1 aliphatic rings. The lowest BCUT2D eigenvalue weighted by Gasteiger charge is -2.26. The Morgan fingerprint density at radius 1 is 1.29 bits per heavy atom. The van der Waals surface area contributed by atoms with Crippen LogP contribution in [0, 0.1) is 5.82 Å². The highest BCUT2D eigenvalue weighted by atomic mass is 19.1. The molecule has 0 aliphatic carbocycles. The van der Waals surface area contributed by atoms with Crippen LogP contribution in [0.3, 0.4) is 0 Å². The van der Waals surface area contributed by atoms with E-state index in [1.165, 1.54) is 22.8 Å². The summed E-state index contributed by atoms with van der Waals surface area (Å²) in [5, 5.41) is 4.48. The number of carbonyl (C=O) groups is 1. The van der Waals surface area contributed by atoms with E-state index in [1.807, 2.05) is 29.2 Å². The molecular formula is C17H14FN5O. The Labute approximate surface area is 137 Å². The zero-order chi connectivity index (χ0) is 16.7. The summed E-state index contributed by atoms with van der Waals surface area (Å²) in [6.45, 7) is 0.639. The molecule has 0 bridgehead atoms. The molecule has 0 radical (unpaired) electrons. The molecule has 0 spiro atoms. The van der Waals surface area contributed by atoms with Crippen molar-refractivity contribution in [3.05, 3.63) is 71.8 Å². The first-order valence-corrected chi connectivity index (χ1v) is 7.47. The minimum absolute atomic E-state index is 0.119. The monoisotopic (exact) mass is 323 g/mol. The van der Waals surface area contributed by atoms with Gasteiger partial charge in [0.15, 0.2) is 11.5 Å². The third-order valence-electron chi connectivity index (χ3n) is 4.04. The van der Waals surface area contributed by atoms with Crippen LogP contribution in [0.15, 0.2) is 54.7 Å². The maximum absolute atomic E-state index is 13.5. The molecule has 2 aromatic heterocycles. The number of anilines is 1. The van der Waals surface area contributed by atoms with Crippen LogP contribution < -0.4 is 10.6 Å². The fraction of sp³-hybridized carbons (Fsp3) is 0.118. The van der Waals surface area contributed by atoms with Gasteiger partial charge in [-0.2, -0.15) is 0 Å². The van der Waals surface area contributed by atoms with Crippen molar-refractivity contribution in [2.75, 3.05) is 11.4 Å². The van der Waals surface area contributed by atoms with E-state index in [0.717, 1.165) is 5.56 Å². The summed E-state index contributed by atoms with van der Waals surface area (Å²) in [5.74, 6) is -0.211. The van der Waals surface area contributed by atoms with E-state index in [4.69, 9.17) is 5.73 Å². The van der Waals surface area contributed by atoms with Crippen molar-refractivity contribution >= 4 is 17.4 Å². The average molecular weight is 323 g/mol. The van der Waals surface area contributed by atoms with E-state index in [2.05, 4.69) is 10.1 Å². The summed E-state index contributed by atoms with van der Waals surface area (Å²) in [6, 6.07) is 9.97. The Kier molecular flexibility index (Phi) is 3.26. The number of nitrogens with zero attached hydrogens (tertiary/aromatic N) is 4. The molecule has 3 aromatic rings. The third-order valence-corrected chi connectivity index (χ3v) is 4.04. The smallest absolute Gasteiger partial charge is 0.269 e. The largest absolute Gasteiger partial charge is 0.364 e. The van der Waals surface area contributed by atoms with Crippen LogP contribution >= 0.6 is 0 Å². The Hall–Kier alpha value is -3.22. The zero-order valence-electron chi connectivity index (χ0n) is 12.6. The van der Waals surface area contributed by atoms with Gasteiger partial charge in [-0.3, -0.25) is 4.79 Å². The second kappa shape index (κ2) is 5.45. The maximum Gasteiger partial charge on any atom is 0.269 e. The number of rotatable bonds is 3. The van der Waals surface area contributed by atoms with Crippen LogP contribution in [0.1, 0.15) is 22.1 Å². The summed E-state index contributed by atoms with van der Waals surface area (Å²) >= 11 is 0. The van der Waals surface area contributed by atoms with Gasteiger partial charge in [0, 0.05) is 6.54 Å². The molecule has 1 aromatic carbocycles. The van der Waals surface area contributed by atoms with Crippen LogP contribution in [-0.4, -0.2) is 27.0 Å². The molecule has 6 nitrogen and oxygen atoms in total. The number of hydrogen-bond donors (Lipinski definition) is 1. The number of amides is 1. The van der Waals surface area contributed by atoms with Crippen LogP contribution in [0.25, 0.3) is 5.65 Å². The van der Waals surface area contributed by atoms with Crippen molar-refractivity contribution in [2.24, 2.45) is 5.73 Å². The molecular weight excluding hydrogens is 309 g/mol. The minimum Gasteiger partial charge on any atom is -0.364 e. The summed E-state index contributed by atoms with van der Waals surface area (Å²) in [6.07, 6.45) is 5.41. The van der Waals surface area contributed by atoms with Gasteiger partial charge in [-0.05, 0) is 29.8 Å². The van der Waals surface area contributed by atoms with Gasteiger partial charge in [-0.1, -0.05) is 24.3 Å². The topological polar surface area (TPSA) is 76.5 Å². The molecule has 7 heteroatoms. The van der Waals surface area contributed by atoms with Crippen molar-refractivity contribution in [1.82, 2.24) is 14.6 Å². The van der Waals surface area contributed by atoms with Crippen molar-refractivity contribution < 1.29 is 9.18 Å². The minimum atomic E-state index is -0.589. The Balaban J connectivity index is 1.76. The van der Waals surface area contributed by atoms with E-state index in [9.17, 15) is 9.18 Å². The van der Waals surface area contributed by atoms with Gasteiger partial charge in [0.1, 0.15) is 11.5 Å². The number of fused-ring (bicyclic) bond motifs is 1. The van der Waals surface area contributed by atoms with Crippen molar-refractivity contribution in [3.8, 4) is 0 Å². The highest BCUT2D eigenvalue weighted by Crippen LogP contribution is 2.31. The molecule has 1 amide bonds. The first-order chi connectivity index (χ1) is 11.6. The van der Waals surface area contributed by atoms with Crippen molar-refractivity contribution in [3.63, 3.8) is 0 Å². The summed E-state index contributed by atoms with van der Waals surface area (Å²) < 4.78 is 15.0. The highest BCUT2D eigenvalue weighted by Gasteiger charge is 2.24. The number of imidazole rings is 1. The fourth-order valence-electron chi connectivity index (χ4n) is 2.92. The van der Waals surface area contributed by atoms with E-state index in [1.54, 1.807) is 12.1 Å². The number of aromatic nitrogens is 3. The number of hydrogen-bond acceptors (Lipinski definition) is 4. The second-order valence-corrected chi connectivity index (χ2v) is 5.55. The molecule has 0 fully saturated rings. The fourth-order valence-corrected chi connectivity index (χ4v) is 2.92. The second-order valence-electron chi connectivity index (χ2n) is 5.55. The van der Waals surface area contributed by atoms with Gasteiger partial charge in [-0.15, -0.1) is 5.10 Å². The lowest BCUT2D eigenvalue weighted by molar-refractivity contribution is 0.0993. The van der Waals surface area contributed by atoms with E-state index >= 15 is 0 Å². The lowest BCUT2D eigenvalue weighted by atomic mass is 10.1. The van der Waals surface area contributed by atoms with Gasteiger partial charge in [0.25, 0.3) is 5.91 Å². The van der Waals surface area contributed by atoms with Gasteiger partial charge in [-0.25, -0.2) is 13.9 Å². The maximum atomic E-state index is 13.5. The standard InChI is InChI=1S/C17H14FN5O/c18-12-4-1-3-11(9-12)13-5-2-8-22(13)16-7-6-15-20-10-14(17(19)24)23(15)21-16/h1-7,9-10,13H,8H2,(H2,19,24). The Morgan fingerprint density at radius 3 is 2.96 bits per heavy atom. The predicted molar refractivity (Wildman–Crippen MR) is 87.1 cm³/mol. The van der Waals surface area contributed by atoms with Gasteiger partial charge >= 0.3 is 0 Å². The van der Waals surface area contributed by atoms with Crippen LogP contribution in [0.4, 0.5) is 10.2 Å². The van der Waals surface area contributed by atoms with Crippen LogP contribution in [-0.2, 0) is 0 Å². The number of benzene rings is 1. The van der Waals surface area contributed by atoms with E-state index in [-0.39, 0.29) is 17.6 Å². The molecule has 3 heterocycles. The molecule has 120 valence electrons. The zero-order valence-corrected chi connectivity index (χ0v) is 12.6. The van der Waals surface area contributed by atoms with E-state index < -0.39 is 5.91 Å². The number of nitrogens with two attached hydrogens (primary N) is 1. The quantitative estimate of drug-likeness (QED) is 0.749. The molecule has 1 atom stereocenters. The first-order valence-electron chi connectivity index (χ1n) is 7.47. The van der Waals surface area contributed by atoms with Gasteiger partial charge in [0.05, 0.1) is 12.2 Å². The SMILES string of the molecule is NC(=O)c1cnc2ccc(N3CC=CC3c3cccc(F)c3)nn12. The number of halogens is 1. The molecule has 1 unspecified atom stereocenters. The molecule has 0 saturated carbocycles. The predicted octanol–water partition coefficient (Wildman–Crippen LogP) is 2.08. The van der Waals surface area contributed by atoms with Crippen LogP contribution in [0.5, 0.6) is 0 Å². The van der Waals surface area contributed by atoms with Gasteiger partial charge in [0.2, 0.25) is 0 Å². The summed E-state index contributed by atoms with van der Waals surface area (Å²) in [4.78, 5) is 17.6. The number of primary amides is 1. The molecule has 24 heavy (non-hydrogen) atoms. The average Bonchev–Trinajstić information content (AvgIpc) is 3.21. The summed E-state index contributed by atoms with van der Waals surface area (Å²) in [5.41, 5.74) is 6.96. The Bertz CT molecular complexity index is 965. The summed E-state index contributed by atoms with van der Waals surface area (Å²) in [7, 11) is 0. The van der Waals surface area contributed by atoms with Crippen molar-refractivity contribution in [2.45, 2.75) is 6.04 Å². The molecule has 4 rings (SSSR count). The highest BCUT2D eigenvalue weighted by molar-refractivity contribution is 5.91.